The van der Waals surface area contributed by atoms with Crippen molar-refractivity contribution >= 4 is 23.2 Å². The fraction of sp³-hybridized carbons (Fsp3) is 0.333. The molecule has 0 spiro atoms. The van der Waals surface area contributed by atoms with Crippen LogP contribution in [-0.4, -0.2) is 33.8 Å². The third-order valence-corrected chi connectivity index (χ3v) is 6.23. The van der Waals surface area contributed by atoms with Crippen LogP contribution in [0.2, 0.25) is 0 Å². The van der Waals surface area contributed by atoms with Gasteiger partial charge in [0, 0.05) is 12.1 Å². The average molecular weight is 376 g/mol. The van der Waals surface area contributed by atoms with Crippen molar-refractivity contribution in [3.05, 3.63) is 47.5 Å². The third-order valence-electron chi connectivity index (χ3n) is 5.21. The first kappa shape index (κ1) is 17.1. The number of aryl methyl sites for hydroxylation is 1. The van der Waals surface area contributed by atoms with Crippen LogP contribution in [0.4, 0.5) is 8.78 Å². The molecule has 0 unspecified atom stereocenters. The van der Waals surface area contributed by atoms with Gasteiger partial charge >= 0.3 is 0 Å². The number of benzene rings is 1. The Bertz CT molecular complexity index is 945. The van der Waals surface area contributed by atoms with E-state index in [0.29, 0.717) is 28.3 Å². The van der Waals surface area contributed by atoms with Crippen molar-refractivity contribution in [1.82, 2.24) is 9.88 Å². The molecule has 2 fully saturated rings. The molecule has 1 aromatic heterocycles. The molecule has 5 nitrogen and oxygen atoms in total. The van der Waals surface area contributed by atoms with Crippen LogP contribution in [0.5, 0.6) is 0 Å². The molecule has 1 aliphatic carbocycles. The topological polar surface area (TPSA) is 76.3 Å². The van der Waals surface area contributed by atoms with Gasteiger partial charge in [-0.05, 0) is 44.4 Å². The minimum Gasteiger partial charge on any atom is -0.369 e. The highest BCUT2D eigenvalue weighted by atomic mass is 32.1. The standard InChI is InChI=1S/C18H16F2N3O2S/c1-8-6-18(17(21)25)7-13(18)23(8)16(24)14-15(26-9(2)22-14)10-3-4-11(19)12(20)5-10/h3-5,8,13H,1,6-7H2,2H3,(H2,21,25)/t8-,13-,18+/m0/s1. The summed E-state index contributed by atoms with van der Waals surface area (Å²) in [7, 11) is 0. The predicted octanol–water partition coefficient (Wildman–Crippen LogP) is 2.69. The van der Waals surface area contributed by atoms with Crippen LogP contribution < -0.4 is 5.73 Å². The predicted molar refractivity (Wildman–Crippen MR) is 92.2 cm³/mol. The zero-order chi connectivity index (χ0) is 18.8. The number of fused-ring (bicyclic) bond motifs is 1. The second-order valence-electron chi connectivity index (χ2n) is 6.85. The van der Waals surface area contributed by atoms with Crippen molar-refractivity contribution in [1.29, 1.82) is 0 Å². The van der Waals surface area contributed by atoms with E-state index >= 15 is 0 Å². The maximum Gasteiger partial charge on any atom is 0.274 e. The van der Waals surface area contributed by atoms with E-state index in [0.717, 1.165) is 12.1 Å². The van der Waals surface area contributed by atoms with Crippen molar-refractivity contribution in [2.45, 2.75) is 31.8 Å². The molecule has 3 atom stereocenters. The van der Waals surface area contributed by atoms with Gasteiger partial charge in [-0.2, -0.15) is 0 Å². The monoisotopic (exact) mass is 376 g/mol. The minimum atomic E-state index is -0.988. The van der Waals surface area contributed by atoms with Crippen LogP contribution in [0, 0.1) is 30.9 Å². The van der Waals surface area contributed by atoms with Crippen molar-refractivity contribution < 1.29 is 18.4 Å². The quantitative estimate of drug-likeness (QED) is 0.895. The number of carbonyl (C=O) groups excluding carboxylic acids is 2. The number of halogens is 2. The molecule has 1 saturated carbocycles. The van der Waals surface area contributed by atoms with Gasteiger partial charge in [-0.15, -0.1) is 11.3 Å². The summed E-state index contributed by atoms with van der Waals surface area (Å²) < 4.78 is 26.9. The van der Waals surface area contributed by atoms with Gasteiger partial charge in [0.15, 0.2) is 11.6 Å². The SMILES string of the molecule is [CH2][C@H]1C[C@@]2(C(N)=O)C[C@@H]2N1C(=O)c1nc(C)sc1-c1ccc(F)c(F)c1. The molecule has 1 aliphatic heterocycles. The van der Waals surface area contributed by atoms with Gasteiger partial charge in [-0.1, -0.05) is 6.07 Å². The molecule has 26 heavy (non-hydrogen) atoms. The molecule has 0 bridgehead atoms. The van der Waals surface area contributed by atoms with Gasteiger partial charge in [0.05, 0.1) is 15.3 Å². The van der Waals surface area contributed by atoms with Gasteiger partial charge in [0.1, 0.15) is 5.69 Å². The average Bonchev–Trinajstić information content (AvgIpc) is 3.01. The summed E-state index contributed by atoms with van der Waals surface area (Å²) in [5.41, 5.74) is 5.36. The molecule has 1 aromatic carbocycles. The second-order valence-corrected chi connectivity index (χ2v) is 8.05. The number of aromatic nitrogens is 1. The van der Waals surface area contributed by atoms with Crippen molar-refractivity contribution in [3.8, 4) is 10.4 Å². The van der Waals surface area contributed by atoms with Gasteiger partial charge in [-0.3, -0.25) is 9.59 Å². The Morgan fingerprint density at radius 2 is 2.08 bits per heavy atom. The van der Waals surface area contributed by atoms with Crippen LogP contribution in [0.25, 0.3) is 10.4 Å². The first-order valence-electron chi connectivity index (χ1n) is 8.13. The number of thiazole rings is 1. The fourth-order valence-electron chi connectivity index (χ4n) is 3.84. The number of rotatable bonds is 3. The molecule has 1 radical (unpaired) electrons. The summed E-state index contributed by atoms with van der Waals surface area (Å²) in [4.78, 5) is 31.2. The number of carbonyl (C=O) groups is 2. The summed E-state index contributed by atoms with van der Waals surface area (Å²) in [6.45, 7) is 5.71. The largest absolute Gasteiger partial charge is 0.369 e. The second kappa shape index (κ2) is 5.57. The van der Waals surface area contributed by atoms with Crippen LogP contribution >= 0.6 is 11.3 Å². The zero-order valence-corrected chi connectivity index (χ0v) is 14.8. The van der Waals surface area contributed by atoms with Crippen molar-refractivity contribution in [2.24, 2.45) is 11.1 Å². The lowest BCUT2D eigenvalue weighted by Crippen LogP contribution is -2.37. The molecule has 135 valence electrons. The number of primary amides is 1. The number of hydrogen-bond acceptors (Lipinski definition) is 4. The van der Waals surface area contributed by atoms with Crippen LogP contribution in [-0.2, 0) is 4.79 Å². The van der Waals surface area contributed by atoms with E-state index in [1.54, 1.807) is 11.8 Å². The van der Waals surface area contributed by atoms with Crippen LogP contribution in [0.3, 0.4) is 0 Å². The summed E-state index contributed by atoms with van der Waals surface area (Å²) in [6, 6.07) is 2.84. The number of piperidine rings is 1. The number of likely N-dealkylation sites (tertiary alicyclic amines) is 1. The van der Waals surface area contributed by atoms with Crippen molar-refractivity contribution in [2.75, 3.05) is 0 Å². The van der Waals surface area contributed by atoms with Gasteiger partial charge in [0.25, 0.3) is 5.91 Å². The minimum absolute atomic E-state index is 0.166. The molecular formula is C18H16F2N3O2S. The summed E-state index contributed by atoms with van der Waals surface area (Å²) >= 11 is 1.23. The molecule has 4 rings (SSSR count). The van der Waals surface area contributed by atoms with E-state index < -0.39 is 23.0 Å². The molecule has 8 heteroatoms. The molecular weight excluding hydrogens is 360 g/mol. The van der Waals surface area contributed by atoms with Crippen molar-refractivity contribution in [3.63, 3.8) is 0 Å². The van der Waals surface area contributed by atoms with E-state index in [9.17, 15) is 18.4 Å². The lowest BCUT2D eigenvalue weighted by molar-refractivity contribution is -0.123. The summed E-state index contributed by atoms with van der Waals surface area (Å²) in [6.07, 6.45) is 0.964. The van der Waals surface area contributed by atoms with Gasteiger partial charge in [-0.25, -0.2) is 13.8 Å². The number of nitrogens with zero attached hydrogens (tertiary/aromatic N) is 2. The lowest BCUT2D eigenvalue weighted by atomic mass is 10.00. The first-order valence-corrected chi connectivity index (χ1v) is 8.95. The maximum atomic E-state index is 13.6. The van der Waals surface area contributed by atoms with Gasteiger partial charge in [0.2, 0.25) is 5.91 Å². The number of amides is 2. The van der Waals surface area contributed by atoms with Crippen LogP contribution in [0.1, 0.15) is 28.3 Å². The van der Waals surface area contributed by atoms with E-state index in [-0.39, 0.29) is 23.7 Å². The Morgan fingerprint density at radius 1 is 1.35 bits per heavy atom. The van der Waals surface area contributed by atoms with Gasteiger partial charge < -0.3 is 10.6 Å². The maximum absolute atomic E-state index is 13.6. The van der Waals surface area contributed by atoms with E-state index in [1.807, 2.05) is 0 Å². The molecule has 2 amide bonds. The Hall–Kier alpha value is -2.35. The Morgan fingerprint density at radius 3 is 2.69 bits per heavy atom. The Labute approximate surface area is 152 Å². The molecule has 2 N–H and O–H groups in total. The van der Waals surface area contributed by atoms with Crippen LogP contribution in [0.15, 0.2) is 18.2 Å². The molecule has 1 saturated heterocycles. The third kappa shape index (κ3) is 2.35. The summed E-state index contributed by atoms with van der Waals surface area (Å²) in [5.74, 6) is -2.72. The fourth-order valence-corrected chi connectivity index (χ4v) is 4.75. The lowest BCUT2D eigenvalue weighted by Gasteiger charge is -2.23. The van der Waals surface area contributed by atoms with E-state index in [4.69, 9.17) is 5.73 Å². The zero-order valence-electron chi connectivity index (χ0n) is 14.0. The first-order chi connectivity index (χ1) is 12.2. The molecule has 2 heterocycles. The van der Waals surface area contributed by atoms with E-state index in [1.165, 1.54) is 17.4 Å². The Kier molecular flexibility index (Phi) is 3.66. The van der Waals surface area contributed by atoms with E-state index in [2.05, 4.69) is 11.9 Å². The number of hydrogen-bond donors (Lipinski definition) is 1. The normalized spacial score (nSPS) is 26.7. The smallest absolute Gasteiger partial charge is 0.274 e. The highest BCUT2D eigenvalue weighted by molar-refractivity contribution is 7.15. The Balaban J connectivity index is 1.72. The summed E-state index contributed by atoms with van der Waals surface area (Å²) in [5, 5.41) is 0.629. The number of nitrogens with two attached hydrogens (primary N) is 1. The highest BCUT2D eigenvalue weighted by Crippen LogP contribution is 2.59. The highest BCUT2D eigenvalue weighted by Gasteiger charge is 2.68. The molecule has 2 aromatic rings. The molecule has 2 aliphatic rings.